The minimum Gasteiger partial charge on any atom is -0.487 e. The van der Waals surface area contributed by atoms with Gasteiger partial charge in [-0.3, -0.25) is 10.1 Å². The van der Waals surface area contributed by atoms with Crippen molar-refractivity contribution in [3.63, 3.8) is 0 Å². The summed E-state index contributed by atoms with van der Waals surface area (Å²) in [6.07, 6.45) is 0. The van der Waals surface area contributed by atoms with E-state index in [0.29, 0.717) is 21.9 Å². The summed E-state index contributed by atoms with van der Waals surface area (Å²) < 4.78 is 5.50. The second kappa shape index (κ2) is 6.04. The van der Waals surface area contributed by atoms with Crippen LogP contribution in [0.2, 0.25) is 5.02 Å². The number of nitro groups is 1. The van der Waals surface area contributed by atoms with E-state index in [1.54, 1.807) is 24.3 Å². The third kappa shape index (κ3) is 3.25. The van der Waals surface area contributed by atoms with Crippen LogP contribution in [0.4, 0.5) is 5.69 Å². The predicted molar refractivity (Wildman–Crippen MR) is 73.6 cm³/mol. The monoisotopic (exact) mass is 288 g/mol. The number of nitriles is 1. The first-order valence-corrected chi connectivity index (χ1v) is 6.04. The van der Waals surface area contributed by atoms with Crippen LogP contribution >= 0.6 is 11.6 Å². The van der Waals surface area contributed by atoms with E-state index in [1.807, 2.05) is 6.07 Å². The van der Waals surface area contributed by atoms with Crippen molar-refractivity contribution in [3.05, 3.63) is 68.7 Å². The van der Waals surface area contributed by atoms with E-state index in [0.717, 1.165) is 0 Å². The number of non-ortho nitro benzene ring substituents is 1. The molecule has 0 atom stereocenters. The summed E-state index contributed by atoms with van der Waals surface area (Å²) in [5.41, 5.74) is 1.00. The molecule has 0 aromatic heterocycles. The fourth-order valence-electron chi connectivity index (χ4n) is 1.63. The summed E-state index contributed by atoms with van der Waals surface area (Å²) in [6, 6.07) is 12.8. The van der Waals surface area contributed by atoms with Crippen LogP contribution in [-0.2, 0) is 6.61 Å². The molecule has 0 spiro atoms. The van der Waals surface area contributed by atoms with E-state index in [4.69, 9.17) is 21.6 Å². The van der Waals surface area contributed by atoms with Gasteiger partial charge in [0.2, 0.25) is 0 Å². The number of rotatable bonds is 4. The first kappa shape index (κ1) is 13.8. The Labute approximate surface area is 120 Å². The zero-order chi connectivity index (χ0) is 14.5. The largest absolute Gasteiger partial charge is 0.487 e. The molecule has 0 bridgehead atoms. The summed E-state index contributed by atoms with van der Waals surface area (Å²) in [5, 5.41) is 20.1. The molecular formula is C14H9ClN2O3. The highest BCUT2D eigenvalue weighted by molar-refractivity contribution is 6.30. The lowest BCUT2D eigenvalue weighted by Gasteiger charge is -2.08. The SMILES string of the molecule is N#Cc1ccc(Cl)cc1OCc1cccc([N+](=O)[O-])c1. The zero-order valence-electron chi connectivity index (χ0n) is 10.2. The first-order chi connectivity index (χ1) is 9.60. The molecule has 0 heterocycles. The van der Waals surface area contributed by atoms with Gasteiger partial charge >= 0.3 is 0 Å². The highest BCUT2D eigenvalue weighted by Crippen LogP contribution is 2.24. The third-order valence-electron chi connectivity index (χ3n) is 2.58. The molecule has 6 heteroatoms. The van der Waals surface area contributed by atoms with E-state index in [1.165, 1.54) is 18.2 Å². The molecule has 0 aliphatic rings. The molecular weight excluding hydrogens is 280 g/mol. The van der Waals surface area contributed by atoms with Crippen molar-refractivity contribution in [2.75, 3.05) is 0 Å². The highest BCUT2D eigenvalue weighted by Gasteiger charge is 2.08. The molecule has 5 nitrogen and oxygen atoms in total. The number of halogens is 1. The van der Waals surface area contributed by atoms with Crippen molar-refractivity contribution >= 4 is 17.3 Å². The Bertz CT molecular complexity index is 695. The molecule has 0 unspecified atom stereocenters. The molecule has 0 aliphatic heterocycles. The Hall–Kier alpha value is -2.58. The molecule has 2 aromatic carbocycles. The Balaban J connectivity index is 2.17. The molecule has 0 amide bonds. The molecule has 0 aliphatic carbocycles. The summed E-state index contributed by atoms with van der Waals surface area (Å²) in [5.74, 6) is 0.353. The van der Waals surface area contributed by atoms with E-state index >= 15 is 0 Å². The van der Waals surface area contributed by atoms with Gasteiger partial charge in [0.15, 0.2) is 0 Å². The van der Waals surface area contributed by atoms with Gasteiger partial charge in [-0.15, -0.1) is 0 Å². The normalized spacial score (nSPS) is 9.80. The van der Waals surface area contributed by atoms with Crippen LogP contribution in [0.25, 0.3) is 0 Å². The number of ether oxygens (including phenoxy) is 1. The van der Waals surface area contributed by atoms with Gasteiger partial charge in [-0.05, 0) is 17.7 Å². The quantitative estimate of drug-likeness (QED) is 0.635. The van der Waals surface area contributed by atoms with Gasteiger partial charge < -0.3 is 4.74 Å². The average Bonchev–Trinajstić information content (AvgIpc) is 2.45. The second-order valence-electron chi connectivity index (χ2n) is 3.97. The lowest BCUT2D eigenvalue weighted by molar-refractivity contribution is -0.384. The first-order valence-electron chi connectivity index (χ1n) is 5.66. The van der Waals surface area contributed by atoms with Crippen LogP contribution in [-0.4, -0.2) is 4.92 Å². The Kier molecular flexibility index (Phi) is 4.18. The van der Waals surface area contributed by atoms with E-state index < -0.39 is 4.92 Å². The molecule has 0 radical (unpaired) electrons. The number of nitro benzene ring substituents is 1. The molecule has 0 fully saturated rings. The Morgan fingerprint density at radius 2 is 2.10 bits per heavy atom. The molecule has 0 N–H and O–H groups in total. The topological polar surface area (TPSA) is 76.2 Å². The van der Waals surface area contributed by atoms with Crippen LogP contribution < -0.4 is 4.74 Å². The van der Waals surface area contributed by atoms with Gasteiger partial charge in [0.1, 0.15) is 18.4 Å². The molecule has 2 aromatic rings. The summed E-state index contributed by atoms with van der Waals surface area (Å²) in [4.78, 5) is 10.2. The van der Waals surface area contributed by atoms with Crippen molar-refractivity contribution < 1.29 is 9.66 Å². The molecule has 2 rings (SSSR count). The van der Waals surface area contributed by atoms with Crippen LogP contribution in [0.3, 0.4) is 0 Å². The fraction of sp³-hybridized carbons (Fsp3) is 0.0714. The third-order valence-corrected chi connectivity index (χ3v) is 2.81. The van der Waals surface area contributed by atoms with Gasteiger partial charge in [-0.1, -0.05) is 23.7 Å². The maximum Gasteiger partial charge on any atom is 0.269 e. The molecule has 20 heavy (non-hydrogen) atoms. The summed E-state index contributed by atoms with van der Waals surface area (Å²) >= 11 is 5.84. The lowest BCUT2D eigenvalue weighted by atomic mass is 10.2. The van der Waals surface area contributed by atoms with Crippen LogP contribution in [0.1, 0.15) is 11.1 Å². The number of nitrogens with zero attached hydrogens (tertiary/aromatic N) is 2. The van der Waals surface area contributed by atoms with Crippen molar-refractivity contribution in [2.45, 2.75) is 6.61 Å². The lowest BCUT2D eigenvalue weighted by Crippen LogP contribution is -1.98. The average molecular weight is 289 g/mol. The van der Waals surface area contributed by atoms with Gasteiger partial charge in [0.25, 0.3) is 5.69 Å². The van der Waals surface area contributed by atoms with Gasteiger partial charge in [0, 0.05) is 23.2 Å². The minimum atomic E-state index is -0.469. The van der Waals surface area contributed by atoms with Crippen LogP contribution in [0, 0.1) is 21.4 Å². The number of benzene rings is 2. The van der Waals surface area contributed by atoms with Crippen molar-refractivity contribution in [1.82, 2.24) is 0 Å². The smallest absolute Gasteiger partial charge is 0.269 e. The van der Waals surface area contributed by atoms with Gasteiger partial charge in [-0.25, -0.2) is 0 Å². The fourth-order valence-corrected chi connectivity index (χ4v) is 1.79. The standard InChI is InChI=1S/C14H9ClN2O3/c15-12-5-4-11(8-16)14(7-12)20-9-10-2-1-3-13(6-10)17(18)19/h1-7H,9H2. The zero-order valence-corrected chi connectivity index (χ0v) is 11.0. The van der Waals surface area contributed by atoms with E-state index in [9.17, 15) is 10.1 Å². The van der Waals surface area contributed by atoms with Crippen molar-refractivity contribution in [3.8, 4) is 11.8 Å². The molecule has 100 valence electrons. The van der Waals surface area contributed by atoms with Gasteiger partial charge in [-0.2, -0.15) is 5.26 Å². The van der Waals surface area contributed by atoms with Crippen molar-refractivity contribution in [2.24, 2.45) is 0 Å². The van der Waals surface area contributed by atoms with Crippen LogP contribution in [0.5, 0.6) is 5.75 Å². The minimum absolute atomic E-state index is 0.00213. The number of hydrogen-bond donors (Lipinski definition) is 0. The maximum absolute atomic E-state index is 10.7. The van der Waals surface area contributed by atoms with E-state index in [-0.39, 0.29) is 12.3 Å². The van der Waals surface area contributed by atoms with E-state index in [2.05, 4.69) is 0 Å². The molecule has 0 saturated heterocycles. The maximum atomic E-state index is 10.7. The summed E-state index contributed by atoms with van der Waals surface area (Å²) in [7, 11) is 0. The second-order valence-corrected chi connectivity index (χ2v) is 4.40. The van der Waals surface area contributed by atoms with Crippen LogP contribution in [0.15, 0.2) is 42.5 Å². The van der Waals surface area contributed by atoms with Crippen molar-refractivity contribution in [1.29, 1.82) is 5.26 Å². The predicted octanol–water partition coefficient (Wildman–Crippen LogP) is 3.70. The Morgan fingerprint density at radius 1 is 1.30 bits per heavy atom. The van der Waals surface area contributed by atoms with Gasteiger partial charge in [0.05, 0.1) is 10.5 Å². The highest BCUT2D eigenvalue weighted by atomic mass is 35.5. The molecule has 0 saturated carbocycles. The Morgan fingerprint density at radius 3 is 2.80 bits per heavy atom. The number of hydrogen-bond acceptors (Lipinski definition) is 4. The summed E-state index contributed by atoms with van der Waals surface area (Å²) in [6.45, 7) is 0.122.